The molecule has 120 valence electrons. The number of amides is 1. The van der Waals surface area contributed by atoms with E-state index in [0.717, 1.165) is 29.5 Å². The summed E-state index contributed by atoms with van der Waals surface area (Å²) in [6.45, 7) is 0.983. The lowest BCUT2D eigenvalue weighted by molar-refractivity contribution is -0.132. The van der Waals surface area contributed by atoms with E-state index in [1.54, 1.807) is 0 Å². The van der Waals surface area contributed by atoms with Crippen LogP contribution in [-0.4, -0.2) is 23.4 Å². The van der Waals surface area contributed by atoms with Gasteiger partial charge in [0.15, 0.2) is 0 Å². The second-order valence-corrected chi connectivity index (χ2v) is 6.85. The smallest absolute Gasteiger partial charge is 0.223 e. The lowest BCUT2D eigenvalue weighted by atomic mass is 10.2. The van der Waals surface area contributed by atoms with Crippen molar-refractivity contribution in [1.82, 2.24) is 4.90 Å². The summed E-state index contributed by atoms with van der Waals surface area (Å²) < 4.78 is 5.90. The summed E-state index contributed by atoms with van der Waals surface area (Å²) in [5.74, 6) is 2.86. The molecule has 2 saturated carbocycles. The molecule has 2 aliphatic carbocycles. The fraction of sp³-hybridized carbons (Fsp3) is 0.450. The molecular formula is C20H23NO2. The number of benzene rings is 1. The fourth-order valence-corrected chi connectivity index (χ4v) is 3.06. The van der Waals surface area contributed by atoms with E-state index in [2.05, 4.69) is 4.90 Å². The van der Waals surface area contributed by atoms with Crippen molar-refractivity contribution >= 4 is 5.91 Å². The Labute approximate surface area is 137 Å². The van der Waals surface area contributed by atoms with Gasteiger partial charge in [-0.3, -0.25) is 4.79 Å². The third-order valence-electron chi connectivity index (χ3n) is 4.77. The Hall–Kier alpha value is -2.03. The monoisotopic (exact) mass is 309 g/mol. The summed E-state index contributed by atoms with van der Waals surface area (Å²) in [7, 11) is 0. The van der Waals surface area contributed by atoms with Crippen molar-refractivity contribution in [3.8, 4) is 11.3 Å². The first kappa shape index (κ1) is 14.6. The van der Waals surface area contributed by atoms with Crippen LogP contribution in [0.2, 0.25) is 0 Å². The van der Waals surface area contributed by atoms with Gasteiger partial charge in [0.05, 0.1) is 0 Å². The van der Waals surface area contributed by atoms with Crippen molar-refractivity contribution in [3.63, 3.8) is 0 Å². The highest BCUT2D eigenvalue weighted by molar-refractivity contribution is 5.77. The molecule has 0 unspecified atom stereocenters. The molecule has 0 N–H and O–H groups in total. The van der Waals surface area contributed by atoms with Crippen molar-refractivity contribution in [2.24, 2.45) is 5.92 Å². The Morgan fingerprint density at radius 2 is 1.83 bits per heavy atom. The summed E-state index contributed by atoms with van der Waals surface area (Å²) >= 11 is 0. The third-order valence-corrected chi connectivity index (χ3v) is 4.77. The molecule has 3 heteroatoms. The standard InChI is InChI=1S/C20H23NO2/c22-20(21(17-8-9-17)14-15-6-7-15)13-11-18-10-12-19(23-18)16-4-2-1-3-5-16/h1-5,10,12,15,17H,6-9,11,13-14H2. The van der Waals surface area contributed by atoms with Crippen molar-refractivity contribution < 1.29 is 9.21 Å². The van der Waals surface area contributed by atoms with Gasteiger partial charge in [-0.1, -0.05) is 30.3 Å². The Morgan fingerprint density at radius 1 is 1.04 bits per heavy atom. The van der Waals surface area contributed by atoms with Crippen LogP contribution in [0.5, 0.6) is 0 Å². The van der Waals surface area contributed by atoms with E-state index in [4.69, 9.17) is 4.42 Å². The van der Waals surface area contributed by atoms with E-state index in [9.17, 15) is 4.79 Å². The predicted octanol–water partition coefficient (Wildman–Crippen LogP) is 4.28. The second kappa shape index (κ2) is 6.23. The van der Waals surface area contributed by atoms with E-state index >= 15 is 0 Å². The third kappa shape index (κ3) is 3.66. The number of carbonyl (C=O) groups excluding carboxylic acids is 1. The molecule has 1 heterocycles. The van der Waals surface area contributed by atoms with Crippen molar-refractivity contribution in [3.05, 3.63) is 48.2 Å². The Balaban J connectivity index is 1.35. The minimum Gasteiger partial charge on any atom is -0.461 e. The Morgan fingerprint density at radius 3 is 2.52 bits per heavy atom. The van der Waals surface area contributed by atoms with Gasteiger partial charge < -0.3 is 9.32 Å². The maximum atomic E-state index is 12.5. The Bertz CT molecular complexity index is 668. The normalized spacial score (nSPS) is 17.2. The topological polar surface area (TPSA) is 33.5 Å². The minimum atomic E-state index is 0.303. The maximum absolute atomic E-state index is 12.5. The first-order chi connectivity index (χ1) is 11.3. The second-order valence-electron chi connectivity index (χ2n) is 6.85. The quantitative estimate of drug-likeness (QED) is 0.765. The molecule has 0 spiro atoms. The number of aryl methyl sites for hydroxylation is 1. The highest BCUT2D eigenvalue weighted by atomic mass is 16.3. The molecule has 2 aromatic rings. The molecule has 3 nitrogen and oxygen atoms in total. The van der Waals surface area contributed by atoms with Gasteiger partial charge >= 0.3 is 0 Å². The first-order valence-electron chi connectivity index (χ1n) is 8.73. The number of furan rings is 1. The van der Waals surface area contributed by atoms with Crippen LogP contribution >= 0.6 is 0 Å². The average molecular weight is 309 g/mol. The van der Waals surface area contributed by atoms with Gasteiger partial charge in [-0.15, -0.1) is 0 Å². The molecule has 0 saturated heterocycles. The van der Waals surface area contributed by atoms with Crippen LogP contribution in [-0.2, 0) is 11.2 Å². The van der Waals surface area contributed by atoms with Gasteiger partial charge in [-0.2, -0.15) is 0 Å². The van der Waals surface area contributed by atoms with Crippen LogP contribution in [0.15, 0.2) is 46.9 Å². The first-order valence-corrected chi connectivity index (χ1v) is 8.73. The van der Waals surface area contributed by atoms with Crippen molar-refractivity contribution in [2.45, 2.75) is 44.6 Å². The van der Waals surface area contributed by atoms with E-state index in [-0.39, 0.29) is 0 Å². The molecule has 0 aliphatic heterocycles. The number of carbonyl (C=O) groups is 1. The lowest BCUT2D eigenvalue weighted by Gasteiger charge is -2.22. The molecule has 1 aromatic heterocycles. The van der Waals surface area contributed by atoms with Crippen molar-refractivity contribution in [1.29, 1.82) is 0 Å². The highest BCUT2D eigenvalue weighted by Crippen LogP contribution is 2.35. The van der Waals surface area contributed by atoms with Crippen LogP contribution in [0.3, 0.4) is 0 Å². The van der Waals surface area contributed by atoms with Gasteiger partial charge in [-0.25, -0.2) is 0 Å². The molecule has 23 heavy (non-hydrogen) atoms. The molecule has 4 rings (SSSR count). The molecular weight excluding hydrogens is 286 g/mol. The predicted molar refractivity (Wildman–Crippen MR) is 89.9 cm³/mol. The molecule has 2 aliphatic rings. The van der Waals surface area contributed by atoms with Crippen molar-refractivity contribution in [2.75, 3.05) is 6.54 Å². The number of rotatable bonds is 7. The molecule has 1 amide bonds. The highest BCUT2D eigenvalue weighted by Gasteiger charge is 2.36. The molecule has 1 aromatic carbocycles. The SMILES string of the molecule is O=C(CCc1ccc(-c2ccccc2)o1)N(CC1CC1)C1CC1. The molecule has 0 bridgehead atoms. The van der Waals surface area contributed by atoms with E-state index in [0.29, 0.717) is 24.8 Å². The zero-order valence-corrected chi connectivity index (χ0v) is 13.4. The largest absolute Gasteiger partial charge is 0.461 e. The summed E-state index contributed by atoms with van der Waals surface area (Å²) in [5.41, 5.74) is 1.08. The van der Waals surface area contributed by atoms with Crippen LogP contribution in [0.25, 0.3) is 11.3 Å². The summed E-state index contributed by atoms with van der Waals surface area (Å²) in [6.07, 6.45) is 6.24. The lowest BCUT2D eigenvalue weighted by Crippen LogP contribution is -2.35. The molecule has 0 atom stereocenters. The van der Waals surface area contributed by atoms with Gasteiger partial charge in [0, 0.05) is 31.0 Å². The Kier molecular flexibility index (Phi) is 3.94. The van der Waals surface area contributed by atoms with Gasteiger partial charge in [0.1, 0.15) is 11.5 Å². The van der Waals surface area contributed by atoms with E-state index in [1.165, 1.54) is 25.7 Å². The number of hydrogen-bond acceptors (Lipinski definition) is 2. The fourth-order valence-electron chi connectivity index (χ4n) is 3.06. The number of hydrogen-bond donors (Lipinski definition) is 0. The van der Waals surface area contributed by atoms with Gasteiger partial charge in [-0.05, 0) is 43.7 Å². The summed E-state index contributed by atoms with van der Waals surface area (Å²) in [5, 5.41) is 0. The van der Waals surface area contributed by atoms with Crippen LogP contribution in [0.4, 0.5) is 0 Å². The number of nitrogens with zero attached hydrogens (tertiary/aromatic N) is 1. The zero-order chi connectivity index (χ0) is 15.6. The summed E-state index contributed by atoms with van der Waals surface area (Å²) in [6, 6.07) is 14.6. The maximum Gasteiger partial charge on any atom is 0.223 e. The summed E-state index contributed by atoms with van der Waals surface area (Å²) in [4.78, 5) is 14.7. The molecule has 2 fully saturated rings. The van der Waals surface area contributed by atoms with E-state index < -0.39 is 0 Å². The molecule has 0 radical (unpaired) electrons. The van der Waals surface area contributed by atoms with Crippen LogP contribution < -0.4 is 0 Å². The van der Waals surface area contributed by atoms with Crippen LogP contribution in [0.1, 0.15) is 37.9 Å². The average Bonchev–Trinajstić information content (AvgIpc) is 3.50. The van der Waals surface area contributed by atoms with Gasteiger partial charge in [0.2, 0.25) is 5.91 Å². The van der Waals surface area contributed by atoms with Crippen LogP contribution in [0, 0.1) is 5.92 Å². The van der Waals surface area contributed by atoms with Gasteiger partial charge in [0.25, 0.3) is 0 Å². The minimum absolute atomic E-state index is 0.303. The zero-order valence-electron chi connectivity index (χ0n) is 13.4. The van der Waals surface area contributed by atoms with E-state index in [1.807, 2.05) is 42.5 Å².